The number of rotatable bonds is 9. The number of amides is 1. The highest BCUT2D eigenvalue weighted by Crippen LogP contribution is 2.36. The second-order valence-corrected chi connectivity index (χ2v) is 9.84. The quantitative estimate of drug-likeness (QED) is 0.523. The zero-order chi connectivity index (χ0) is 23.9. The normalized spacial score (nSPS) is 18.2. The minimum absolute atomic E-state index is 0.104. The monoisotopic (exact) mass is 488 g/mol. The van der Waals surface area contributed by atoms with Crippen molar-refractivity contribution in [2.45, 2.75) is 52.0 Å². The molecular formula is C26H37ClN4O3. The Bertz CT molecular complexity index is 950. The predicted octanol–water partition coefficient (Wildman–Crippen LogP) is 4.52. The van der Waals surface area contributed by atoms with E-state index in [2.05, 4.69) is 15.1 Å². The summed E-state index contributed by atoms with van der Waals surface area (Å²) in [5.41, 5.74) is 1.58. The fourth-order valence-corrected chi connectivity index (χ4v) is 5.22. The van der Waals surface area contributed by atoms with E-state index in [0.717, 1.165) is 56.9 Å². The molecule has 3 heterocycles. The first kappa shape index (κ1) is 25.0. The van der Waals surface area contributed by atoms with E-state index in [1.807, 2.05) is 25.1 Å². The maximum Gasteiger partial charge on any atom is 0.231 e. The first-order valence-corrected chi connectivity index (χ1v) is 12.9. The minimum atomic E-state index is 0.104. The summed E-state index contributed by atoms with van der Waals surface area (Å²) in [7, 11) is 1.61. The Hall–Kier alpha value is -2.09. The Kier molecular flexibility index (Phi) is 8.86. The summed E-state index contributed by atoms with van der Waals surface area (Å²) in [6, 6.07) is 5.50. The van der Waals surface area contributed by atoms with Crippen molar-refractivity contribution in [2.24, 2.45) is 5.92 Å². The van der Waals surface area contributed by atoms with Crippen molar-refractivity contribution in [1.29, 1.82) is 0 Å². The van der Waals surface area contributed by atoms with Crippen LogP contribution in [0, 0.1) is 12.8 Å². The minimum Gasteiger partial charge on any atom is -0.496 e. The number of halogens is 1. The molecule has 186 valence electrons. The highest BCUT2D eigenvalue weighted by Gasteiger charge is 2.26. The average Bonchev–Trinajstić information content (AvgIpc) is 3.21. The Labute approximate surface area is 207 Å². The molecule has 1 aromatic carbocycles. The topological polar surface area (TPSA) is 70.8 Å². The molecule has 0 saturated carbocycles. The van der Waals surface area contributed by atoms with E-state index in [1.165, 1.54) is 32.4 Å². The Morgan fingerprint density at radius 2 is 1.94 bits per heavy atom. The first-order valence-electron chi connectivity index (χ1n) is 12.6. The average molecular weight is 489 g/mol. The van der Waals surface area contributed by atoms with Crippen LogP contribution in [-0.2, 0) is 11.3 Å². The van der Waals surface area contributed by atoms with Crippen molar-refractivity contribution < 1.29 is 13.9 Å². The van der Waals surface area contributed by atoms with Gasteiger partial charge in [-0.05, 0) is 83.9 Å². The van der Waals surface area contributed by atoms with Gasteiger partial charge in [0.25, 0.3) is 0 Å². The third kappa shape index (κ3) is 6.32. The molecular weight excluding hydrogens is 452 g/mol. The van der Waals surface area contributed by atoms with Crippen LogP contribution >= 0.6 is 11.6 Å². The molecule has 7 nitrogen and oxygen atoms in total. The summed E-state index contributed by atoms with van der Waals surface area (Å²) in [4.78, 5) is 22.2. The number of hydrogen-bond donors (Lipinski definition) is 1. The molecule has 34 heavy (non-hydrogen) atoms. The fourth-order valence-electron chi connectivity index (χ4n) is 4.97. The van der Waals surface area contributed by atoms with Gasteiger partial charge in [0, 0.05) is 19.0 Å². The number of aryl methyl sites for hydroxylation is 1. The van der Waals surface area contributed by atoms with Crippen LogP contribution < -0.4 is 10.1 Å². The van der Waals surface area contributed by atoms with E-state index < -0.39 is 0 Å². The summed E-state index contributed by atoms with van der Waals surface area (Å²) in [6.45, 7) is 8.69. The molecule has 0 radical (unpaired) electrons. The van der Waals surface area contributed by atoms with E-state index in [1.54, 1.807) is 7.11 Å². The van der Waals surface area contributed by atoms with Crippen molar-refractivity contribution in [3.63, 3.8) is 0 Å². The second-order valence-electron chi connectivity index (χ2n) is 9.44. The van der Waals surface area contributed by atoms with Gasteiger partial charge in [0.1, 0.15) is 11.5 Å². The van der Waals surface area contributed by atoms with Gasteiger partial charge >= 0.3 is 0 Å². The lowest BCUT2D eigenvalue weighted by molar-refractivity contribution is -0.126. The molecule has 0 atom stereocenters. The number of hydrogen-bond acceptors (Lipinski definition) is 6. The highest BCUT2D eigenvalue weighted by atomic mass is 35.5. The van der Waals surface area contributed by atoms with Gasteiger partial charge in [-0.3, -0.25) is 9.69 Å². The van der Waals surface area contributed by atoms with Crippen molar-refractivity contribution in [3.05, 3.63) is 34.7 Å². The van der Waals surface area contributed by atoms with Crippen LogP contribution in [0.15, 0.2) is 22.6 Å². The van der Waals surface area contributed by atoms with Crippen LogP contribution in [0.2, 0.25) is 5.02 Å². The number of aromatic nitrogens is 1. The number of ether oxygens (including phenoxy) is 1. The van der Waals surface area contributed by atoms with Crippen LogP contribution in [0.25, 0.3) is 11.5 Å². The molecule has 2 aliphatic rings. The lowest BCUT2D eigenvalue weighted by Crippen LogP contribution is -2.41. The first-order chi connectivity index (χ1) is 16.5. The van der Waals surface area contributed by atoms with Crippen LogP contribution in [0.5, 0.6) is 5.75 Å². The largest absolute Gasteiger partial charge is 0.496 e. The Morgan fingerprint density at radius 3 is 2.68 bits per heavy atom. The van der Waals surface area contributed by atoms with E-state index in [0.29, 0.717) is 28.8 Å². The van der Waals surface area contributed by atoms with Crippen LogP contribution in [0.4, 0.5) is 0 Å². The molecule has 2 saturated heterocycles. The van der Waals surface area contributed by atoms with Crippen molar-refractivity contribution in [2.75, 3.05) is 46.4 Å². The molecule has 0 bridgehead atoms. The molecule has 1 aromatic heterocycles. The molecule has 0 aliphatic carbocycles. The van der Waals surface area contributed by atoms with Gasteiger partial charge in [0.15, 0.2) is 0 Å². The number of nitrogens with one attached hydrogen (secondary N) is 1. The Balaban J connectivity index is 1.23. The van der Waals surface area contributed by atoms with Crippen molar-refractivity contribution >= 4 is 17.5 Å². The zero-order valence-corrected chi connectivity index (χ0v) is 21.2. The molecule has 0 spiro atoms. The smallest absolute Gasteiger partial charge is 0.231 e. The molecule has 1 N–H and O–H groups in total. The molecule has 2 aromatic rings. The molecule has 2 aliphatic heterocycles. The van der Waals surface area contributed by atoms with Crippen LogP contribution in [0.1, 0.15) is 50.0 Å². The van der Waals surface area contributed by atoms with Gasteiger partial charge in [0.05, 0.1) is 23.4 Å². The van der Waals surface area contributed by atoms with Gasteiger partial charge in [-0.2, -0.15) is 0 Å². The molecule has 8 heteroatoms. The standard InChI is InChI=1S/C26H37ClN4O3/c1-19-22(29-26(34-19)24-21(27)8-6-9-23(24)33-2)18-31-16-10-20(11-17-31)25(32)28-12-7-15-30-13-4-3-5-14-30/h6,8-9,20H,3-5,7,10-18H2,1-2H3,(H,28,32). The van der Waals surface area contributed by atoms with E-state index in [-0.39, 0.29) is 11.8 Å². The third-order valence-corrected chi connectivity index (χ3v) is 7.35. The van der Waals surface area contributed by atoms with Crippen molar-refractivity contribution in [3.8, 4) is 17.2 Å². The molecule has 2 fully saturated rings. The number of oxazole rings is 1. The van der Waals surface area contributed by atoms with Crippen LogP contribution in [-0.4, -0.2) is 67.1 Å². The number of piperidine rings is 2. The molecule has 0 unspecified atom stereocenters. The fraction of sp³-hybridized carbons (Fsp3) is 0.615. The van der Waals surface area contributed by atoms with Gasteiger partial charge in [-0.1, -0.05) is 24.1 Å². The summed E-state index contributed by atoms with van der Waals surface area (Å²) >= 11 is 6.40. The summed E-state index contributed by atoms with van der Waals surface area (Å²) in [5.74, 6) is 2.22. The predicted molar refractivity (Wildman–Crippen MR) is 134 cm³/mol. The maximum absolute atomic E-state index is 12.6. The van der Waals surface area contributed by atoms with Crippen LogP contribution in [0.3, 0.4) is 0 Å². The Morgan fingerprint density at radius 1 is 1.18 bits per heavy atom. The lowest BCUT2D eigenvalue weighted by Gasteiger charge is -2.31. The van der Waals surface area contributed by atoms with E-state index in [4.69, 9.17) is 25.7 Å². The SMILES string of the molecule is COc1cccc(Cl)c1-c1nc(CN2CCC(C(=O)NCCCN3CCCCC3)CC2)c(C)o1. The van der Waals surface area contributed by atoms with E-state index >= 15 is 0 Å². The molecule has 1 amide bonds. The number of benzene rings is 1. The van der Waals surface area contributed by atoms with Gasteiger partial charge in [-0.15, -0.1) is 0 Å². The zero-order valence-electron chi connectivity index (χ0n) is 20.4. The summed E-state index contributed by atoms with van der Waals surface area (Å²) < 4.78 is 11.4. The number of carbonyl (C=O) groups is 1. The van der Waals surface area contributed by atoms with E-state index in [9.17, 15) is 4.79 Å². The summed E-state index contributed by atoms with van der Waals surface area (Å²) in [6.07, 6.45) is 6.77. The van der Waals surface area contributed by atoms with Crippen molar-refractivity contribution in [1.82, 2.24) is 20.1 Å². The second kappa shape index (κ2) is 12.0. The number of methoxy groups -OCH3 is 1. The number of carbonyl (C=O) groups excluding carboxylic acids is 1. The molecule has 4 rings (SSSR count). The van der Waals surface area contributed by atoms with Gasteiger partial charge < -0.3 is 19.4 Å². The highest BCUT2D eigenvalue weighted by molar-refractivity contribution is 6.33. The maximum atomic E-state index is 12.6. The number of likely N-dealkylation sites (tertiary alicyclic amines) is 2. The van der Waals surface area contributed by atoms with Gasteiger partial charge in [-0.25, -0.2) is 4.98 Å². The third-order valence-electron chi connectivity index (χ3n) is 7.03. The van der Waals surface area contributed by atoms with Gasteiger partial charge in [0.2, 0.25) is 11.8 Å². The lowest BCUT2D eigenvalue weighted by atomic mass is 9.95. The summed E-state index contributed by atoms with van der Waals surface area (Å²) in [5, 5.41) is 3.72. The number of nitrogens with zero attached hydrogens (tertiary/aromatic N) is 3.